The number of phenols is 1. The molecule has 3 N–H and O–H groups in total. The summed E-state index contributed by atoms with van der Waals surface area (Å²) in [6.45, 7) is 1.47. The molecule has 0 unspecified atom stereocenters. The molecule has 3 rings (SSSR count). The Hall–Kier alpha value is -3.62. The molecule has 146 valence electrons. The molecule has 0 bridgehead atoms. The van der Waals surface area contributed by atoms with Gasteiger partial charge in [0.25, 0.3) is 11.6 Å². The van der Waals surface area contributed by atoms with E-state index in [0.717, 1.165) is 44.5 Å². The van der Waals surface area contributed by atoms with Gasteiger partial charge in [-0.05, 0) is 49.6 Å². The van der Waals surface area contributed by atoms with E-state index in [4.69, 9.17) is 5.11 Å². The zero-order chi connectivity index (χ0) is 20.3. The number of carboxylic acid groups (broad SMARTS) is 1. The second-order valence-corrected chi connectivity index (χ2v) is 6.50. The maximum atomic E-state index is 12.5. The average molecular weight is 385 g/mol. The van der Waals surface area contributed by atoms with E-state index in [0.29, 0.717) is 5.69 Å². The van der Waals surface area contributed by atoms with Crippen molar-refractivity contribution in [3.05, 3.63) is 57.6 Å². The smallest absolute Gasteiger partial charge is 0.339 e. The normalized spacial score (nSPS) is 13.8. The number of nitro groups is 1. The lowest BCUT2D eigenvalue weighted by Gasteiger charge is -2.28. The van der Waals surface area contributed by atoms with Crippen molar-refractivity contribution in [2.24, 2.45) is 0 Å². The van der Waals surface area contributed by atoms with Gasteiger partial charge in [0.2, 0.25) is 0 Å². The molecule has 0 saturated carbocycles. The van der Waals surface area contributed by atoms with E-state index in [9.17, 15) is 24.8 Å². The molecule has 0 radical (unpaired) electrons. The van der Waals surface area contributed by atoms with Gasteiger partial charge in [0.15, 0.2) is 0 Å². The van der Waals surface area contributed by atoms with Crippen LogP contribution >= 0.6 is 0 Å². The Kier molecular flexibility index (Phi) is 5.44. The first kappa shape index (κ1) is 19.2. The van der Waals surface area contributed by atoms with E-state index in [2.05, 4.69) is 5.32 Å². The van der Waals surface area contributed by atoms with Crippen molar-refractivity contribution in [2.75, 3.05) is 23.3 Å². The van der Waals surface area contributed by atoms with Crippen LogP contribution in [0.5, 0.6) is 5.75 Å². The average Bonchev–Trinajstić information content (AvgIpc) is 2.69. The molecule has 1 aliphatic heterocycles. The fraction of sp³-hybridized carbons (Fsp3) is 0.263. The van der Waals surface area contributed by atoms with Gasteiger partial charge in [-0.25, -0.2) is 4.79 Å². The monoisotopic (exact) mass is 385 g/mol. The van der Waals surface area contributed by atoms with Gasteiger partial charge in [-0.15, -0.1) is 0 Å². The second kappa shape index (κ2) is 7.95. The fourth-order valence-electron chi connectivity index (χ4n) is 3.20. The molecular weight excluding hydrogens is 366 g/mol. The van der Waals surface area contributed by atoms with Gasteiger partial charge in [0.1, 0.15) is 17.0 Å². The molecule has 1 heterocycles. The Labute approximate surface area is 160 Å². The lowest BCUT2D eigenvalue weighted by atomic mass is 10.1. The number of hydrogen-bond acceptors (Lipinski definition) is 6. The largest absolute Gasteiger partial charge is 0.507 e. The third-order valence-corrected chi connectivity index (χ3v) is 4.62. The standard InChI is InChI=1S/C19H19N3O6/c23-17-7-5-13(11-14(17)19(25)26)20-18(24)12-4-6-15(16(10-12)22(27)28)21-8-2-1-3-9-21/h4-7,10-11,23H,1-3,8-9H2,(H,20,24)(H,25,26). The van der Waals surface area contributed by atoms with Crippen LogP contribution in [-0.2, 0) is 0 Å². The summed E-state index contributed by atoms with van der Waals surface area (Å²) in [5.74, 6) is -2.38. The molecule has 1 aliphatic rings. The molecule has 2 aromatic carbocycles. The first-order valence-electron chi connectivity index (χ1n) is 8.78. The number of nitrogens with zero attached hydrogens (tertiary/aromatic N) is 2. The van der Waals surface area contributed by atoms with E-state index in [1.165, 1.54) is 18.2 Å². The maximum absolute atomic E-state index is 12.5. The lowest BCUT2D eigenvalue weighted by Crippen LogP contribution is -2.30. The summed E-state index contributed by atoms with van der Waals surface area (Å²) in [4.78, 5) is 36.5. The quantitative estimate of drug-likeness (QED) is 0.409. The molecule has 1 fully saturated rings. The number of amides is 1. The minimum absolute atomic E-state index is 0.0809. The molecular formula is C19H19N3O6. The number of piperidine rings is 1. The molecule has 0 atom stereocenters. The molecule has 0 spiro atoms. The van der Waals surface area contributed by atoms with Crippen LogP contribution < -0.4 is 10.2 Å². The number of benzene rings is 2. The molecule has 1 saturated heterocycles. The van der Waals surface area contributed by atoms with E-state index in [1.54, 1.807) is 6.07 Å². The van der Waals surface area contributed by atoms with Crippen LogP contribution in [0.2, 0.25) is 0 Å². The van der Waals surface area contributed by atoms with Crippen molar-refractivity contribution in [3.8, 4) is 5.75 Å². The van der Waals surface area contributed by atoms with Gasteiger partial charge < -0.3 is 20.4 Å². The molecule has 0 aromatic heterocycles. The van der Waals surface area contributed by atoms with E-state index < -0.39 is 22.5 Å². The summed E-state index contributed by atoms with van der Waals surface area (Å²) in [6, 6.07) is 7.91. The van der Waals surface area contributed by atoms with Gasteiger partial charge in [-0.2, -0.15) is 0 Å². The summed E-state index contributed by atoms with van der Waals surface area (Å²) in [5.41, 5.74) is 0.218. The molecule has 28 heavy (non-hydrogen) atoms. The first-order valence-corrected chi connectivity index (χ1v) is 8.78. The highest BCUT2D eigenvalue weighted by Gasteiger charge is 2.23. The van der Waals surface area contributed by atoms with Gasteiger partial charge in [0, 0.05) is 30.4 Å². The van der Waals surface area contributed by atoms with Crippen molar-refractivity contribution in [2.45, 2.75) is 19.3 Å². The van der Waals surface area contributed by atoms with Crippen molar-refractivity contribution < 1.29 is 24.7 Å². The van der Waals surface area contributed by atoms with Gasteiger partial charge in [0.05, 0.1) is 4.92 Å². The number of anilines is 2. The lowest BCUT2D eigenvalue weighted by molar-refractivity contribution is -0.384. The number of hydrogen-bond donors (Lipinski definition) is 3. The van der Waals surface area contributed by atoms with Crippen LogP contribution in [0.3, 0.4) is 0 Å². The molecule has 0 aliphatic carbocycles. The number of aromatic hydroxyl groups is 1. The molecule has 1 amide bonds. The van der Waals surface area contributed by atoms with E-state index in [1.807, 2.05) is 4.90 Å². The Bertz CT molecular complexity index is 937. The summed E-state index contributed by atoms with van der Waals surface area (Å²) in [6.07, 6.45) is 3.02. The highest BCUT2D eigenvalue weighted by Crippen LogP contribution is 2.31. The minimum Gasteiger partial charge on any atom is -0.507 e. The number of nitrogens with one attached hydrogen (secondary N) is 1. The number of carboxylic acids is 1. The number of rotatable bonds is 5. The predicted octanol–water partition coefficient (Wildman–Crippen LogP) is 3.24. The van der Waals surface area contributed by atoms with E-state index in [-0.39, 0.29) is 22.5 Å². The van der Waals surface area contributed by atoms with Crippen LogP contribution in [0.1, 0.15) is 40.0 Å². The third-order valence-electron chi connectivity index (χ3n) is 4.62. The van der Waals surface area contributed by atoms with Crippen molar-refractivity contribution >= 4 is 28.9 Å². The SMILES string of the molecule is O=C(Nc1ccc(O)c(C(=O)O)c1)c1ccc(N2CCCCC2)c([N+](=O)[O-])c1. The highest BCUT2D eigenvalue weighted by molar-refractivity contribution is 6.05. The van der Waals surface area contributed by atoms with Crippen LogP contribution in [0.15, 0.2) is 36.4 Å². The minimum atomic E-state index is -1.34. The van der Waals surface area contributed by atoms with Crippen molar-refractivity contribution in [1.82, 2.24) is 0 Å². The number of carbonyl (C=O) groups excluding carboxylic acids is 1. The van der Waals surface area contributed by atoms with Gasteiger partial charge in [-0.1, -0.05) is 0 Å². The Morgan fingerprint density at radius 2 is 1.79 bits per heavy atom. The summed E-state index contributed by atoms with van der Waals surface area (Å²) in [7, 11) is 0. The van der Waals surface area contributed by atoms with E-state index >= 15 is 0 Å². The van der Waals surface area contributed by atoms with Gasteiger partial charge in [-0.3, -0.25) is 14.9 Å². The summed E-state index contributed by atoms with van der Waals surface area (Å²) < 4.78 is 0. The molecule has 9 nitrogen and oxygen atoms in total. The second-order valence-electron chi connectivity index (χ2n) is 6.50. The number of aromatic carboxylic acids is 1. The Morgan fingerprint density at radius 1 is 1.07 bits per heavy atom. The Morgan fingerprint density at radius 3 is 2.43 bits per heavy atom. The number of nitro benzene ring substituents is 1. The number of carbonyl (C=O) groups is 2. The molecule has 9 heteroatoms. The highest BCUT2D eigenvalue weighted by atomic mass is 16.6. The van der Waals surface area contributed by atoms with Crippen LogP contribution in [-0.4, -0.2) is 40.1 Å². The van der Waals surface area contributed by atoms with Crippen molar-refractivity contribution in [3.63, 3.8) is 0 Å². The zero-order valence-electron chi connectivity index (χ0n) is 14.9. The maximum Gasteiger partial charge on any atom is 0.339 e. The molecule has 2 aromatic rings. The van der Waals surface area contributed by atoms with Crippen LogP contribution in [0.4, 0.5) is 17.1 Å². The van der Waals surface area contributed by atoms with Crippen molar-refractivity contribution in [1.29, 1.82) is 0 Å². The van der Waals surface area contributed by atoms with Gasteiger partial charge >= 0.3 is 5.97 Å². The first-order chi connectivity index (χ1) is 13.4. The van der Waals surface area contributed by atoms with Crippen LogP contribution in [0, 0.1) is 10.1 Å². The third kappa shape index (κ3) is 4.03. The zero-order valence-corrected chi connectivity index (χ0v) is 14.9. The topological polar surface area (TPSA) is 133 Å². The van der Waals surface area contributed by atoms with Crippen LogP contribution in [0.25, 0.3) is 0 Å². The summed E-state index contributed by atoms with van der Waals surface area (Å²) >= 11 is 0. The Balaban J connectivity index is 1.86. The fourth-order valence-corrected chi connectivity index (χ4v) is 3.20. The predicted molar refractivity (Wildman–Crippen MR) is 102 cm³/mol. The summed E-state index contributed by atoms with van der Waals surface area (Å²) in [5, 5.41) is 32.6.